The Labute approximate surface area is 187 Å². The number of benzene rings is 2. The average molecular weight is 485 g/mol. The smallest absolute Gasteiger partial charge is 0.297 e. The molecule has 2 aromatic carbocycles. The van der Waals surface area contributed by atoms with E-state index in [0.717, 1.165) is 11.1 Å². The summed E-state index contributed by atoms with van der Waals surface area (Å²) in [6.07, 6.45) is -5.28. The lowest BCUT2D eigenvalue weighted by atomic mass is 10.0. The minimum Gasteiger partial charge on any atom is -0.370 e. The second kappa shape index (κ2) is 8.82. The minimum atomic E-state index is -4.21. The molecule has 0 radical (unpaired) electrons. The zero-order chi connectivity index (χ0) is 23.1. The van der Waals surface area contributed by atoms with E-state index in [1.807, 2.05) is 13.8 Å². The zero-order valence-electron chi connectivity index (χ0n) is 17.7. The molecule has 2 aliphatic heterocycles. The molecule has 2 aromatic rings. The van der Waals surface area contributed by atoms with Gasteiger partial charge < -0.3 is 14.2 Å². The van der Waals surface area contributed by atoms with Crippen molar-refractivity contribution in [3.63, 3.8) is 0 Å². The first-order valence-corrected chi connectivity index (χ1v) is 12.7. The van der Waals surface area contributed by atoms with E-state index in [4.69, 9.17) is 22.6 Å². The van der Waals surface area contributed by atoms with Gasteiger partial charge in [0.1, 0.15) is 18.3 Å². The van der Waals surface area contributed by atoms with Crippen LogP contribution in [0.1, 0.15) is 11.1 Å². The minimum absolute atomic E-state index is 0.00303. The van der Waals surface area contributed by atoms with Crippen molar-refractivity contribution < 1.29 is 39.4 Å². The summed E-state index contributed by atoms with van der Waals surface area (Å²) in [4.78, 5) is -0.0797. The van der Waals surface area contributed by atoms with Gasteiger partial charge in [0.15, 0.2) is 12.4 Å². The Morgan fingerprint density at radius 3 is 1.72 bits per heavy atom. The molecular formula is C21H24O9S2. The van der Waals surface area contributed by atoms with Crippen LogP contribution >= 0.6 is 0 Å². The molecule has 174 valence electrons. The Morgan fingerprint density at radius 1 is 0.781 bits per heavy atom. The largest absolute Gasteiger partial charge is 0.370 e. The van der Waals surface area contributed by atoms with E-state index in [1.54, 1.807) is 24.3 Å². The number of hydrogen-bond donors (Lipinski definition) is 0. The average Bonchev–Trinajstić information content (AvgIpc) is 3.02. The molecule has 0 spiro atoms. The van der Waals surface area contributed by atoms with Gasteiger partial charge in [-0.25, -0.2) is 0 Å². The SMILES string of the molecule is CO[C@H]1O[C@@H]2CO[C@H]([C@H]1OS(=O)(=O)c1ccc(C)cc1)[C@@H]2OS(=O)(=O)c1ccc(C)cc1. The van der Waals surface area contributed by atoms with Gasteiger partial charge in [-0.15, -0.1) is 0 Å². The topological polar surface area (TPSA) is 114 Å². The van der Waals surface area contributed by atoms with Gasteiger partial charge in [0, 0.05) is 7.11 Å². The number of fused-ring (bicyclic) bond motifs is 2. The van der Waals surface area contributed by atoms with Gasteiger partial charge in [0.2, 0.25) is 0 Å². The molecule has 2 saturated heterocycles. The van der Waals surface area contributed by atoms with Gasteiger partial charge in [-0.3, -0.25) is 8.37 Å². The van der Waals surface area contributed by atoms with Crippen LogP contribution in [0.25, 0.3) is 0 Å². The maximum Gasteiger partial charge on any atom is 0.297 e. The Bertz CT molecular complexity index is 1160. The fraction of sp³-hybridized carbons (Fsp3) is 0.429. The summed E-state index contributed by atoms with van der Waals surface area (Å²) in [6.45, 7) is 3.67. The highest BCUT2D eigenvalue weighted by atomic mass is 32.2. The maximum absolute atomic E-state index is 12.8. The van der Waals surface area contributed by atoms with Crippen molar-refractivity contribution in [3.05, 3.63) is 59.7 Å². The second-order valence-electron chi connectivity index (χ2n) is 7.73. The summed E-state index contributed by atoms with van der Waals surface area (Å²) < 4.78 is 78.8. The lowest BCUT2D eigenvalue weighted by Gasteiger charge is -2.37. The molecule has 9 nitrogen and oxygen atoms in total. The third-order valence-corrected chi connectivity index (χ3v) is 8.02. The van der Waals surface area contributed by atoms with E-state index in [0.29, 0.717) is 0 Å². The molecule has 0 aliphatic carbocycles. The van der Waals surface area contributed by atoms with E-state index in [1.165, 1.54) is 31.4 Å². The van der Waals surface area contributed by atoms with Crippen molar-refractivity contribution in [2.24, 2.45) is 0 Å². The highest BCUT2D eigenvalue weighted by Gasteiger charge is 2.56. The van der Waals surface area contributed by atoms with E-state index in [9.17, 15) is 16.8 Å². The zero-order valence-corrected chi connectivity index (χ0v) is 19.3. The molecule has 5 atom stereocenters. The number of ether oxygens (including phenoxy) is 3. The first-order valence-electron chi connectivity index (χ1n) is 9.90. The van der Waals surface area contributed by atoms with Gasteiger partial charge in [-0.1, -0.05) is 35.4 Å². The summed E-state index contributed by atoms with van der Waals surface area (Å²) in [7, 11) is -7.03. The Balaban J connectivity index is 1.59. The van der Waals surface area contributed by atoms with Crippen molar-refractivity contribution in [3.8, 4) is 0 Å². The van der Waals surface area contributed by atoms with Gasteiger partial charge in [0.05, 0.1) is 16.4 Å². The predicted octanol–water partition coefficient (Wildman–Crippen LogP) is 1.92. The van der Waals surface area contributed by atoms with E-state index >= 15 is 0 Å². The summed E-state index contributed by atoms with van der Waals surface area (Å²) in [6, 6.07) is 12.3. The standard InChI is InChI=1S/C21H24O9S2/c1-13-4-8-15(9-5-13)31(22,23)29-18-17-12-27-19(18)20(21(26-3)28-17)30-32(24,25)16-10-6-14(2)7-11-16/h4-11,17-21H,12H2,1-3H3/t17-,18-,19+,20-,21+/m1/s1. The van der Waals surface area contributed by atoms with Crippen LogP contribution in [0.15, 0.2) is 58.3 Å². The van der Waals surface area contributed by atoms with Crippen LogP contribution in [0.4, 0.5) is 0 Å². The normalized spacial score (nSPS) is 28.0. The van der Waals surface area contributed by atoms with Crippen molar-refractivity contribution in [1.29, 1.82) is 0 Å². The molecule has 2 fully saturated rings. The second-order valence-corrected chi connectivity index (χ2v) is 10.9. The molecule has 2 aliphatic rings. The van der Waals surface area contributed by atoms with Crippen molar-refractivity contribution >= 4 is 20.2 Å². The number of rotatable bonds is 7. The summed E-state index contributed by atoms with van der Waals surface area (Å²) >= 11 is 0. The lowest BCUT2D eigenvalue weighted by Crippen LogP contribution is -2.56. The van der Waals surface area contributed by atoms with Gasteiger partial charge in [0.25, 0.3) is 20.2 Å². The Kier molecular flexibility index (Phi) is 6.43. The lowest BCUT2D eigenvalue weighted by molar-refractivity contribution is -0.241. The molecule has 0 saturated carbocycles. The first kappa shape index (κ1) is 23.3. The molecule has 0 N–H and O–H groups in total. The van der Waals surface area contributed by atoms with Crippen LogP contribution in [0.3, 0.4) is 0 Å². The maximum atomic E-state index is 12.8. The quantitative estimate of drug-likeness (QED) is 0.544. The fourth-order valence-electron chi connectivity index (χ4n) is 3.63. The van der Waals surface area contributed by atoms with Crippen molar-refractivity contribution in [2.75, 3.05) is 13.7 Å². The molecule has 2 bridgehead atoms. The molecule has 32 heavy (non-hydrogen) atoms. The fourth-order valence-corrected chi connectivity index (χ4v) is 5.81. The van der Waals surface area contributed by atoms with E-state index in [-0.39, 0.29) is 16.4 Å². The van der Waals surface area contributed by atoms with Crippen LogP contribution in [0.2, 0.25) is 0 Å². The van der Waals surface area contributed by atoms with Crippen molar-refractivity contribution in [2.45, 2.75) is 54.3 Å². The molecular weight excluding hydrogens is 460 g/mol. The highest BCUT2D eigenvalue weighted by Crippen LogP contribution is 2.37. The van der Waals surface area contributed by atoms with Crippen LogP contribution in [-0.4, -0.2) is 61.3 Å². The van der Waals surface area contributed by atoms with Crippen LogP contribution < -0.4 is 0 Å². The number of aryl methyl sites for hydroxylation is 2. The van der Waals surface area contributed by atoms with Crippen molar-refractivity contribution in [1.82, 2.24) is 0 Å². The van der Waals surface area contributed by atoms with Gasteiger partial charge in [-0.2, -0.15) is 16.8 Å². The van der Waals surface area contributed by atoms with Crippen LogP contribution in [-0.2, 0) is 42.8 Å². The van der Waals surface area contributed by atoms with Crippen LogP contribution in [0.5, 0.6) is 0 Å². The predicted molar refractivity (Wildman–Crippen MR) is 112 cm³/mol. The molecule has 0 aromatic heterocycles. The molecule has 0 amide bonds. The Hall–Kier alpha value is -1.86. The highest BCUT2D eigenvalue weighted by molar-refractivity contribution is 7.87. The summed E-state index contributed by atoms with van der Waals surface area (Å²) in [5, 5.41) is 0. The third kappa shape index (κ3) is 4.60. The van der Waals surface area contributed by atoms with Crippen LogP contribution in [0, 0.1) is 13.8 Å². The third-order valence-electron chi connectivity index (χ3n) is 5.37. The monoisotopic (exact) mass is 484 g/mol. The first-order chi connectivity index (χ1) is 15.1. The summed E-state index contributed by atoms with van der Waals surface area (Å²) in [5.74, 6) is 0. The molecule has 2 heterocycles. The summed E-state index contributed by atoms with van der Waals surface area (Å²) in [5.41, 5.74) is 1.78. The van der Waals surface area contributed by atoms with Gasteiger partial charge in [-0.05, 0) is 38.1 Å². The molecule has 11 heteroatoms. The molecule has 0 unspecified atom stereocenters. The van der Waals surface area contributed by atoms with Gasteiger partial charge >= 0.3 is 0 Å². The van der Waals surface area contributed by atoms with E-state index in [2.05, 4.69) is 0 Å². The van der Waals surface area contributed by atoms with E-state index < -0.39 is 50.9 Å². The Morgan fingerprint density at radius 2 is 1.25 bits per heavy atom. The number of methoxy groups -OCH3 is 1. The molecule has 4 rings (SSSR count). The number of hydrogen-bond acceptors (Lipinski definition) is 9.